The summed E-state index contributed by atoms with van der Waals surface area (Å²) in [6.45, 7) is 0.166. The number of likely N-dealkylation sites (N-methyl/N-ethyl adjacent to an activating group) is 1. The van der Waals surface area contributed by atoms with Crippen LogP contribution in [-0.2, 0) is 10.0 Å². The first kappa shape index (κ1) is 22.0. The Hall–Kier alpha value is -2.81. The topological polar surface area (TPSA) is 60.9 Å². The SMILES string of the molecule is CN1c2ccc(-c3ccccc3F)cc2[C@H]2[C@H](CCN2S(=O)(=O)c2ccc(F)cc2)[C@H]1CO. The fourth-order valence-electron chi connectivity index (χ4n) is 5.29. The molecule has 8 heteroatoms. The van der Waals surface area contributed by atoms with Gasteiger partial charge in [0.2, 0.25) is 10.0 Å². The average Bonchev–Trinajstić information content (AvgIpc) is 3.26. The number of nitrogens with zero attached hydrogens (tertiary/aromatic N) is 2. The molecule has 1 fully saturated rings. The number of aliphatic hydroxyl groups is 1. The zero-order chi connectivity index (χ0) is 23.3. The number of halogens is 2. The number of fused-ring (bicyclic) bond motifs is 3. The smallest absolute Gasteiger partial charge is 0.243 e. The van der Waals surface area contributed by atoms with Crippen LogP contribution in [0.1, 0.15) is 18.0 Å². The molecule has 0 unspecified atom stereocenters. The molecular formula is C25H24F2N2O3S. The molecule has 2 aliphatic rings. The maximum atomic E-state index is 14.5. The quantitative estimate of drug-likeness (QED) is 0.621. The minimum Gasteiger partial charge on any atom is -0.394 e. The van der Waals surface area contributed by atoms with Crippen molar-refractivity contribution < 1.29 is 22.3 Å². The van der Waals surface area contributed by atoms with Gasteiger partial charge in [-0.2, -0.15) is 4.31 Å². The van der Waals surface area contributed by atoms with E-state index in [2.05, 4.69) is 0 Å². The molecular weight excluding hydrogens is 446 g/mol. The van der Waals surface area contributed by atoms with E-state index in [0.29, 0.717) is 17.5 Å². The van der Waals surface area contributed by atoms with Crippen molar-refractivity contribution in [3.05, 3.63) is 83.9 Å². The maximum absolute atomic E-state index is 14.5. The Morgan fingerprint density at radius 1 is 1.03 bits per heavy atom. The van der Waals surface area contributed by atoms with Crippen molar-refractivity contribution in [3.8, 4) is 11.1 Å². The molecule has 3 aromatic rings. The third-order valence-corrected chi connectivity index (χ3v) is 8.80. The number of aliphatic hydroxyl groups excluding tert-OH is 1. The van der Waals surface area contributed by atoms with Crippen molar-refractivity contribution in [2.75, 3.05) is 25.1 Å². The van der Waals surface area contributed by atoms with Gasteiger partial charge in [-0.3, -0.25) is 0 Å². The van der Waals surface area contributed by atoms with E-state index in [1.807, 2.05) is 30.1 Å². The molecule has 172 valence electrons. The molecule has 0 bridgehead atoms. The van der Waals surface area contributed by atoms with Crippen LogP contribution in [0, 0.1) is 17.6 Å². The van der Waals surface area contributed by atoms with E-state index in [4.69, 9.17) is 0 Å². The second kappa shape index (κ2) is 8.20. The van der Waals surface area contributed by atoms with E-state index in [9.17, 15) is 22.3 Å². The number of hydrogen-bond donors (Lipinski definition) is 1. The van der Waals surface area contributed by atoms with Crippen molar-refractivity contribution in [2.24, 2.45) is 5.92 Å². The average molecular weight is 471 g/mol. The van der Waals surface area contributed by atoms with Crippen LogP contribution in [0.25, 0.3) is 11.1 Å². The summed E-state index contributed by atoms with van der Waals surface area (Å²) in [7, 11) is -2.03. The largest absolute Gasteiger partial charge is 0.394 e. The Morgan fingerprint density at radius 2 is 1.76 bits per heavy atom. The molecule has 0 amide bonds. The lowest BCUT2D eigenvalue weighted by molar-refractivity contribution is 0.193. The van der Waals surface area contributed by atoms with Gasteiger partial charge in [0, 0.05) is 30.8 Å². The first-order valence-electron chi connectivity index (χ1n) is 10.8. The highest BCUT2D eigenvalue weighted by atomic mass is 32.2. The summed E-state index contributed by atoms with van der Waals surface area (Å²) >= 11 is 0. The molecule has 1 N–H and O–H groups in total. The van der Waals surface area contributed by atoms with Gasteiger partial charge in [-0.15, -0.1) is 0 Å². The summed E-state index contributed by atoms with van der Waals surface area (Å²) in [5.74, 6) is -1.00. The normalized spacial score (nSPS) is 22.8. The molecule has 0 saturated carbocycles. The third kappa shape index (κ3) is 3.53. The molecule has 0 aromatic heterocycles. The Bertz CT molecular complexity index is 1300. The zero-order valence-electron chi connectivity index (χ0n) is 18.0. The highest BCUT2D eigenvalue weighted by molar-refractivity contribution is 7.89. The molecule has 33 heavy (non-hydrogen) atoms. The van der Waals surface area contributed by atoms with Gasteiger partial charge in [0.05, 0.1) is 23.6 Å². The van der Waals surface area contributed by atoms with E-state index >= 15 is 0 Å². The van der Waals surface area contributed by atoms with Crippen LogP contribution in [-0.4, -0.2) is 44.1 Å². The van der Waals surface area contributed by atoms with Gasteiger partial charge in [-0.25, -0.2) is 17.2 Å². The fourth-order valence-corrected chi connectivity index (χ4v) is 6.95. The highest BCUT2D eigenvalue weighted by Gasteiger charge is 2.50. The third-order valence-electron chi connectivity index (χ3n) is 6.91. The van der Waals surface area contributed by atoms with Crippen LogP contribution in [0.5, 0.6) is 0 Å². The number of rotatable bonds is 4. The predicted molar refractivity (Wildman–Crippen MR) is 122 cm³/mol. The molecule has 5 nitrogen and oxygen atoms in total. The minimum atomic E-state index is -3.91. The van der Waals surface area contributed by atoms with E-state index in [1.165, 1.54) is 22.5 Å². The molecule has 3 aromatic carbocycles. The first-order valence-corrected chi connectivity index (χ1v) is 12.3. The second-order valence-corrected chi connectivity index (χ2v) is 10.5. The molecule has 3 atom stereocenters. The van der Waals surface area contributed by atoms with Gasteiger partial charge < -0.3 is 10.0 Å². The molecule has 5 rings (SSSR count). The van der Waals surface area contributed by atoms with Gasteiger partial charge in [0.15, 0.2) is 0 Å². The van der Waals surface area contributed by atoms with Gasteiger partial charge in [-0.1, -0.05) is 24.3 Å². The molecule has 0 radical (unpaired) electrons. The Morgan fingerprint density at radius 3 is 2.45 bits per heavy atom. The van der Waals surface area contributed by atoms with Crippen molar-refractivity contribution in [2.45, 2.75) is 23.4 Å². The van der Waals surface area contributed by atoms with Crippen LogP contribution < -0.4 is 4.90 Å². The van der Waals surface area contributed by atoms with Crippen LogP contribution in [0.2, 0.25) is 0 Å². The number of sulfonamides is 1. The first-order chi connectivity index (χ1) is 15.8. The molecule has 0 spiro atoms. The van der Waals surface area contributed by atoms with E-state index in [0.717, 1.165) is 23.4 Å². The lowest BCUT2D eigenvalue weighted by Gasteiger charge is -2.44. The number of benzene rings is 3. The Kier molecular flexibility index (Phi) is 5.47. The van der Waals surface area contributed by atoms with Gasteiger partial charge >= 0.3 is 0 Å². The number of hydrogen-bond acceptors (Lipinski definition) is 4. The van der Waals surface area contributed by atoms with Crippen molar-refractivity contribution in [1.82, 2.24) is 4.31 Å². The summed E-state index contributed by atoms with van der Waals surface area (Å²) in [6, 6.07) is 16.0. The lowest BCUT2D eigenvalue weighted by Crippen LogP contribution is -2.48. The fraction of sp³-hybridized carbons (Fsp3) is 0.280. The standard InChI is InChI=1S/C25H24F2N2O3S/c1-28-23-11-6-16(19-4-2-3-5-22(19)27)14-21(23)25-20(24(28)15-30)12-13-29(25)33(31,32)18-9-7-17(26)8-10-18/h2-11,14,20,24-25,30H,12-13,15H2,1H3/t20-,24-,25-/m1/s1. The molecule has 1 saturated heterocycles. The van der Waals surface area contributed by atoms with Crippen molar-refractivity contribution in [3.63, 3.8) is 0 Å². The Balaban J connectivity index is 1.66. The molecule has 2 heterocycles. The predicted octanol–water partition coefficient (Wildman–Crippen LogP) is 4.19. The summed E-state index contributed by atoms with van der Waals surface area (Å²) < 4.78 is 56.5. The van der Waals surface area contributed by atoms with Crippen LogP contribution in [0.4, 0.5) is 14.5 Å². The lowest BCUT2D eigenvalue weighted by atomic mass is 9.81. The molecule has 0 aliphatic carbocycles. The van der Waals surface area contributed by atoms with Crippen molar-refractivity contribution >= 4 is 15.7 Å². The minimum absolute atomic E-state index is 0.0239. The van der Waals surface area contributed by atoms with Gasteiger partial charge in [0.25, 0.3) is 0 Å². The van der Waals surface area contributed by atoms with Crippen molar-refractivity contribution in [1.29, 1.82) is 0 Å². The summed E-state index contributed by atoms with van der Waals surface area (Å²) in [4.78, 5) is 2.01. The van der Waals surface area contributed by atoms with Crippen LogP contribution in [0.3, 0.4) is 0 Å². The monoisotopic (exact) mass is 470 g/mol. The summed E-state index contributed by atoms with van der Waals surface area (Å²) in [5, 5.41) is 10.1. The second-order valence-electron chi connectivity index (χ2n) is 8.58. The zero-order valence-corrected chi connectivity index (χ0v) is 18.8. The Labute approximate surface area is 191 Å². The summed E-state index contributed by atoms with van der Waals surface area (Å²) in [5.41, 5.74) is 2.68. The summed E-state index contributed by atoms with van der Waals surface area (Å²) in [6.07, 6.45) is 0.573. The van der Waals surface area contributed by atoms with E-state index in [-0.39, 0.29) is 35.8 Å². The number of anilines is 1. The maximum Gasteiger partial charge on any atom is 0.243 e. The molecule has 2 aliphatic heterocycles. The van der Waals surface area contributed by atoms with Gasteiger partial charge in [-0.05, 0) is 60.0 Å². The van der Waals surface area contributed by atoms with Crippen LogP contribution in [0.15, 0.2) is 71.6 Å². The van der Waals surface area contributed by atoms with Crippen LogP contribution >= 0.6 is 0 Å². The van der Waals surface area contributed by atoms with E-state index in [1.54, 1.807) is 18.2 Å². The highest BCUT2D eigenvalue weighted by Crippen LogP contribution is 2.51. The van der Waals surface area contributed by atoms with Gasteiger partial charge in [0.1, 0.15) is 11.6 Å². The van der Waals surface area contributed by atoms with E-state index < -0.39 is 21.9 Å².